The fourth-order valence-electron chi connectivity index (χ4n) is 3.47. The molecule has 3 rings (SSSR count). The Labute approximate surface area is 208 Å². The van der Waals surface area contributed by atoms with Crippen LogP contribution in [0, 0.1) is 13.8 Å². The molecule has 0 aliphatic heterocycles. The smallest absolute Gasteiger partial charge is 0.257 e. The second-order valence-electron chi connectivity index (χ2n) is 8.14. The lowest BCUT2D eigenvalue weighted by molar-refractivity contribution is -0.115. The van der Waals surface area contributed by atoms with Crippen LogP contribution in [0.5, 0.6) is 0 Å². The first kappa shape index (κ1) is 25.5. The number of carbonyl (C=O) groups excluding carboxylic acids is 2. The molecule has 0 saturated carbocycles. The molecule has 0 spiro atoms. The van der Waals surface area contributed by atoms with Gasteiger partial charge in [-0.3, -0.25) is 24.2 Å². The zero-order chi connectivity index (χ0) is 25.5. The molecule has 0 saturated heterocycles. The fraction of sp³-hybridized carbons (Fsp3) is 0.269. The lowest BCUT2D eigenvalue weighted by atomic mass is 10.0. The van der Waals surface area contributed by atoms with E-state index in [1.54, 1.807) is 31.3 Å². The SMILES string of the molecule is C=Cc1ncc(C(=O)Nc2cc(NC(=O)CNCC)cnc2C)cc1/C=C(\C)c1cnn(C)c1C.[HH].[HH]. The van der Waals surface area contributed by atoms with Crippen LogP contribution in [0.1, 0.15) is 55.3 Å². The predicted octanol–water partition coefficient (Wildman–Crippen LogP) is 4.32. The standard InChI is InChI=1S/C26H31N7O2.2H2/c1-7-23-19(9-16(3)22-14-30-33(6)18(22)5)10-20(12-29-23)26(35)32-24-11-21(13-28-17(24)4)31-25(34)15-27-8-2;;/h7,9-14,27H,1,8,15H2,2-6H3,(H,31,34)(H,32,35);2*1H/b16-9+;;. The quantitative estimate of drug-likeness (QED) is 0.423. The molecule has 3 aromatic rings. The van der Waals surface area contributed by atoms with E-state index in [4.69, 9.17) is 0 Å². The van der Waals surface area contributed by atoms with Crippen LogP contribution in [0.3, 0.4) is 0 Å². The number of rotatable bonds is 9. The molecule has 186 valence electrons. The van der Waals surface area contributed by atoms with Crippen molar-refractivity contribution >= 4 is 40.9 Å². The number of hydrogen-bond acceptors (Lipinski definition) is 6. The Bertz CT molecular complexity index is 1300. The van der Waals surface area contributed by atoms with Crippen LogP contribution < -0.4 is 16.0 Å². The van der Waals surface area contributed by atoms with Crippen molar-refractivity contribution < 1.29 is 12.4 Å². The number of nitrogens with one attached hydrogen (secondary N) is 3. The third-order valence-corrected chi connectivity index (χ3v) is 5.59. The highest BCUT2D eigenvalue weighted by Crippen LogP contribution is 2.24. The third kappa shape index (κ3) is 6.27. The second kappa shape index (κ2) is 11.3. The van der Waals surface area contributed by atoms with Crippen LogP contribution in [0.25, 0.3) is 17.7 Å². The van der Waals surface area contributed by atoms with Gasteiger partial charge in [0.2, 0.25) is 5.91 Å². The Morgan fingerprint density at radius 3 is 2.57 bits per heavy atom. The number of allylic oxidation sites excluding steroid dienone is 1. The number of aryl methyl sites for hydroxylation is 2. The molecule has 35 heavy (non-hydrogen) atoms. The number of pyridine rings is 2. The average molecular weight is 478 g/mol. The van der Waals surface area contributed by atoms with E-state index in [0.29, 0.717) is 34.9 Å². The average Bonchev–Trinajstić information content (AvgIpc) is 3.17. The maximum absolute atomic E-state index is 13.1. The van der Waals surface area contributed by atoms with Crippen molar-refractivity contribution in [3.63, 3.8) is 0 Å². The van der Waals surface area contributed by atoms with Gasteiger partial charge >= 0.3 is 0 Å². The molecular formula is C26H35N7O2. The summed E-state index contributed by atoms with van der Waals surface area (Å²) < 4.78 is 1.82. The van der Waals surface area contributed by atoms with Crippen molar-refractivity contribution in [2.24, 2.45) is 7.05 Å². The fourth-order valence-corrected chi connectivity index (χ4v) is 3.47. The van der Waals surface area contributed by atoms with E-state index in [1.807, 2.05) is 44.8 Å². The summed E-state index contributed by atoms with van der Waals surface area (Å²) in [6.07, 6.45) is 8.52. The van der Waals surface area contributed by atoms with Gasteiger partial charge in [0, 0.05) is 32.9 Å². The van der Waals surface area contributed by atoms with Crippen molar-refractivity contribution in [3.8, 4) is 0 Å². The van der Waals surface area contributed by atoms with E-state index in [1.165, 1.54) is 6.20 Å². The van der Waals surface area contributed by atoms with Crippen molar-refractivity contribution in [3.05, 3.63) is 71.1 Å². The van der Waals surface area contributed by atoms with Gasteiger partial charge in [0.05, 0.1) is 47.3 Å². The molecule has 0 bridgehead atoms. The minimum Gasteiger partial charge on any atom is -0.324 e. The van der Waals surface area contributed by atoms with Crippen LogP contribution in [0.2, 0.25) is 0 Å². The van der Waals surface area contributed by atoms with E-state index in [-0.39, 0.29) is 21.2 Å². The largest absolute Gasteiger partial charge is 0.324 e. The van der Waals surface area contributed by atoms with Crippen molar-refractivity contribution in [2.45, 2.75) is 27.7 Å². The first-order valence-electron chi connectivity index (χ1n) is 11.3. The maximum atomic E-state index is 13.1. The van der Waals surface area contributed by atoms with E-state index in [0.717, 1.165) is 22.4 Å². The lowest BCUT2D eigenvalue weighted by Gasteiger charge is -2.12. The molecule has 3 aromatic heterocycles. The summed E-state index contributed by atoms with van der Waals surface area (Å²) >= 11 is 0. The number of likely N-dealkylation sites (N-methyl/N-ethyl adjacent to an activating group) is 1. The number of amides is 2. The van der Waals surface area contributed by atoms with E-state index in [2.05, 4.69) is 37.6 Å². The van der Waals surface area contributed by atoms with E-state index >= 15 is 0 Å². The maximum Gasteiger partial charge on any atom is 0.257 e. The van der Waals surface area contributed by atoms with Gasteiger partial charge in [0.1, 0.15) is 0 Å². The Balaban J connectivity index is 0.00000342. The number of hydrogen-bond donors (Lipinski definition) is 3. The topological polar surface area (TPSA) is 114 Å². The van der Waals surface area contributed by atoms with Crippen LogP contribution in [-0.4, -0.2) is 44.7 Å². The predicted molar refractivity (Wildman–Crippen MR) is 144 cm³/mol. The van der Waals surface area contributed by atoms with Gasteiger partial charge in [0.15, 0.2) is 0 Å². The zero-order valence-electron chi connectivity index (χ0n) is 20.8. The van der Waals surface area contributed by atoms with Gasteiger partial charge in [-0.05, 0) is 57.2 Å². The van der Waals surface area contributed by atoms with Gasteiger partial charge in [-0.1, -0.05) is 13.5 Å². The first-order chi connectivity index (χ1) is 16.7. The molecule has 0 fully saturated rings. The highest BCUT2D eigenvalue weighted by molar-refractivity contribution is 6.05. The summed E-state index contributed by atoms with van der Waals surface area (Å²) in [5, 5.41) is 12.9. The van der Waals surface area contributed by atoms with Crippen LogP contribution in [-0.2, 0) is 11.8 Å². The molecule has 0 unspecified atom stereocenters. The van der Waals surface area contributed by atoms with Gasteiger partial charge in [-0.2, -0.15) is 5.10 Å². The molecule has 0 aliphatic carbocycles. The van der Waals surface area contributed by atoms with Crippen molar-refractivity contribution in [1.29, 1.82) is 0 Å². The van der Waals surface area contributed by atoms with Gasteiger partial charge in [-0.15, -0.1) is 0 Å². The second-order valence-corrected chi connectivity index (χ2v) is 8.14. The summed E-state index contributed by atoms with van der Waals surface area (Å²) in [5.41, 5.74) is 6.52. The Hall–Kier alpha value is -4.11. The molecule has 9 heteroatoms. The normalized spacial score (nSPS) is 11.3. The summed E-state index contributed by atoms with van der Waals surface area (Å²) in [6, 6.07) is 3.46. The summed E-state index contributed by atoms with van der Waals surface area (Å²) in [5.74, 6) is -0.520. The highest BCUT2D eigenvalue weighted by atomic mass is 16.2. The van der Waals surface area contributed by atoms with Crippen LogP contribution >= 0.6 is 0 Å². The molecule has 3 N–H and O–H groups in total. The van der Waals surface area contributed by atoms with Gasteiger partial charge in [0.25, 0.3) is 5.91 Å². The van der Waals surface area contributed by atoms with Crippen molar-refractivity contribution in [2.75, 3.05) is 23.7 Å². The van der Waals surface area contributed by atoms with Gasteiger partial charge in [-0.25, -0.2) is 0 Å². The molecule has 0 aromatic carbocycles. The van der Waals surface area contributed by atoms with Crippen molar-refractivity contribution in [1.82, 2.24) is 25.1 Å². The van der Waals surface area contributed by atoms with E-state index < -0.39 is 0 Å². The summed E-state index contributed by atoms with van der Waals surface area (Å²) in [6.45, 7) is 12.4. The molecule has 0 aliphatic rings. The summed E-state index contributed by atoms with van der Waals surface area (Å²) in [7, 11) is 1.90. The number of aromatic nitrogens is 4. The van der Waals surface area contributed by atoms with Crippen LogP contribution in [0.4, 0.5) is 11.4 Å². The molecule has 3 heterocycles. The highest BCUT2D eigenvalue weighted by Gasteiger charge is 2.13. The monoisotopic (exact) mass is 477 g/mol. The Kier molecular flexibility index (Phi) is 8.27. The number of nitrogens with zero attached hydrogens (tertiary/aromatic N) is 4. The van der Waals surface area contributed by atoms with Crippen LogP contribution in [0.15, 0.2) is 37.3 Å². The first-order valence-corrected chi connectivity index (χ1v) is 11.3. The lowest BCUT2D eigenvalue weighted by Crippen LogP contribution is -2.27. The zero-order valence-corrected chi connectivity index (χ0v) is 20.8. The third-order valence-electron chi connectivity index (χ3n) is 5.59. The summed E-state index contributed by atoms with van der Waals surface area (Å²) in [4.78, 5) is 33.8. The Morgan fingerprint density at radius 2 is 1.91 bits per heavy atom. The Morgan fingerprint density at radius 1 is 1.14 bits per heavy atom. The molecule has 2 amide bonds. The molecular weight excluding hydrogens is 442 g/mol. The molecule has 9 nitrogen and oxygen atoms in total. The number of anilines is 2. The van der Waals surface area contributed by atoms with E-state index in [9.17, 15) is 9.59 Å². The molecule has 0 radical (unpaired) electrons. The molecule has 0 atom stereocenters. The number of carbonyl (C=O) groups is 2. The van der Waals surface area contributed by atoms with Gasteiger partial charge < -0.3 is 16.0 Å². The minimum atomic E-state index is -0.334. The minimum absolute atomic E-state index is 0.